The predicted octanol–water partition coefficient (Wildman–Crippen LogP) is 0.648. The molecule has 0 unspecified atom stereocenters. The van der Waals surface area contributed by atoms with E-state index in [1.165, 1.54) is 10.5 Å². The van der Waals surface area contributed by atoms with E-state index in [0.717, 1.165) is 43.4 Å². The smallest absolute Gasteiger partial charge is 0.261 e. The van der Waals surface area contributed by atoms with Gasteiger partial charge in [-0.1, -0.05) is 30.3 Å². The lowest BCUT2D eigenvalue weighted by molar-refractivity contribution is -0.928. The number of benzene rings is 1. The number of hydrogen-bond acceptors (Lipinski definition) is 4. The van der Waals surface area contributed by atoms with Crippen LogP contribution in [0.4, 0.5) is 0 Å². The number of carbonyl (C=O) groups is 1. The average Bonchev–Trinajstić information content (AvgIpc) is 2.99. The highest BCUT2D eigenvalue weighted by atomic mass is 16.5. The zero-order valence-corrected chi connectivity index (χ0v) is 16.2. The van der Waals surface area contributed by atoms with Crippen molar-refractivity contribution in [3.63, 3.8) is 0 Å². The molecule has 2 N–H and O–H groups in total. The molecule has 1 aliphatic rings. The quantitative estimate of drug-likeness (QED) is 0.579. The van der Waals surface area contributed by atoms with Crippen LogP contribution in [0, 0.1) is 13.8 Å². The largest absolute Gasteiger partial charge is 0.370 e. The molecule has 0 radical (unpaired) electrons. The van der Waals surface area contributed by atoms with Crippen LogP contribution in [0.1, 0.15) is 29.9 Å². The summed E-state index contributed by atoms with van der Waals surface area (Å²) in [5.74, 6) is -0.177. The van der Waals surface area contributed by atoms with Gasteiger partial charge in [0, 0.05) is 11.3 Å². The van der Waals surface area contributed by atoms with Gasteiger partial charge in [-0.15, -0.1) is 0 Å². The molecular weight excluding hydrogens is 342 g/mol. The minimum Gasteiger partial charge on any atom is -0.370 e. The van der Waals surface area contributed by atoms with Gasteiger partial charge < -0.3 is 9.64 Å². The van der Waals surface area contributed by atoms with E-state index >= 15 is 0 Å². The molecule has 1 aromatic carbocycles. The van der Waals surface area contributed by atoms with Crippen LogP contribution in [-0.2, 0) is 16.1 Å². The lowest BCUT2D eigenvalue weighted by Gasteiger charge is -2.31. The van der Waals surface area contributed by atoms with Crippen molar-refractivity contribution in [1.82, 2.24) is 15.2 Å². The SMILES string of the molecule is C/C(=N/NC(=O)Cn1nc(C)cc1C)[C@H](c1ccccc1)[NH+]1CCOCC1. The first-order valence-corrected chi connectivity index (χ1v) is 9.36. The van der Waals surface area contributed by atoms with E-state index < -0.39 is 0 Å². The van der Waals surface area contributed by atoms with E-state index in [-0.39, 0.29) is 18.5 Å². The van der Waals surface area contributed by atoms with Crippen LogP contribution in [0.5, 0.6) is 0 Å². The number of amides is 1. The van der Waals surface area contributed by atoms with Gasteiger partial charge in [0.25, 0.3) is 5.91 Å². The summed E-state index contributed by atoms with van der Waals surface area (Å²) in [6.07, 6.45) is 0. The van der Waals surface area contributed by atoms with Crippen molar-refractivity contribution in [2.24, 2.45) is 5.10 Å². The molecule has 27 heavy (non-hydrogen) atoms. The monoisotopic (exact) mass is 370 g/mol. The molecule has 0 saturated carbocycles. The Morgan fingerprint density at radius 1 is 1.30 bits per heavy atom. The van der Waals surface area contributed by atoms with E-state index in [9.17, 15) is 4.79 Å². The normalized spacial score (nSPS) is 16.9. The fourth-order valence-electron chi connectivity index (χ4n) is 3.56. The summed E-state index contributed by atoms with van der Waals surface area (Å²) in [7, 11) is 0. The molecule has 0 bridgehead atoms. The summed E-state index contributed by atoms with van der Waals surface area (Å²) in [6, 6.07) is 12.4. The third-order valence-corrected chi connectivity index (χ3v) is 4.85. The fraction of sp³-hybridized carbons (Fsp3) is 0.450. The van der Waals surface area contributed by atoms with E-state index in [2.05, 4.69) is 27.8 Å². The van der Waals surface area contributed by atoms with E-state index in [4.69, 9.17) is 4.74 Å². The minimum absolute atomic E-state index is 0.101. The Labute approximate surface area is 160 Å². The molecule has 3 rings (SSSR count). The Kier molecular flexibility index (Phi) is 6.36. The Morgan fingerprint density at radius 2 is 2.00 bits per heavy atom. The lowest BCUT2D eigenvalue weighted by atomic mass is 10.0. The Hall–Kier alpha value is -2.51. The Bertz CT molecular complexity index is 794. The van der Waals surface area contributed by atoms with E-state index in [1.54, 1.807) is 4.68 Å². The molecule has 1 aromatic heterocycles. The van der Waals surface area contributed by atoms with Crippen molar-refractivity contribution in [3.05, 3.63) is 53.3 Å². The van der Waals surface area contributed by atoms with Crippen LogP contribution in [-0.4, -0.2) is 47.7 Å². The number of hydrogen-bond donors (Lipinski definition) is 2. The number of rotatable bonds is 6. The van der Waals surface area contributed by atoms with Gasteiger partial charge in [0.05, 0.1) is 24.6 Å². The van der Waals surface area contributed by atoms with Crippen molar-refractivity contribution in [2.45, 2.75) is 33.4 Å². The maximum absolute atomic E-state index is 12.3. The predicted molar refractivity (Wildman–Crippen MR) is 104 cm³/mol. The maximum Gasteiger partial charge on any atom is 0.261 e. The number of nitrogens with zero attached hydrogens (tertiary/aromatic N) is 3. The molecule has 1 fully saturated rings. The van der Waals surface area contributed by atoms with Gasteiger partial charge in [0.15, 0.2) is 6.04 Å². The van der Waals surface area contributed by atoms with Gasteiger partial charge in [-0.25, -0.2) is 5.43 Å². The van der Waals surface area contributed by atoms with Crippen molar-refractivity contribution >= 4 is 11.6 Å². The number of hydrazone groups is 1. The van der Waals surface area contributed by atoms with Crippen LogP contribution in [0.25, 0.3) is 0 Å². The highest BCUT2D eigenvalue weighted by Crippen LogP contribution is 2.12. The third kappa shape index (κ3) is 5.02. The van der Waals surface area contributed by atoms with Crippen LogP contribution < -0.4 is 10.3 Å². The van der Waals surface area contributed by atoms with Crippen LogP contribution in [0.2, 0.25) is 0 Å². The summed E-state index contributed by atoms with van der Waals surface area (Å²) in [5.41, 5.74) is 6.65. The average molecular weight is 370 g/mol. The molecule has 0 spiro atoms. The Balaban J connectivity index is 1.71. The number of aromatic nitrogens is 2. The molecule has 0 aliphatic carbocycles. The number of nitrogens with one attached hydrogen (secondary N) is 2. The third-order valence-electron chi connectivity index (χ3n) is 4.85. The number of carbonyl (C=O) groups excluding carboxylic acids is 1. The molecule has 7 nitrogen and oxygen atoms in total. The highest BCUT2D eigenvalue weighted by Gasteiger charge is 2.29. The van der Waals surface area contributed by atoms with Gasteiger partial charge in [0.2, 0.25) is 0 Å². The number of quaternary nitrogens is 1. The molecule has 1 saturated heterocycles. The second-order valence-electron chi connectivity index (χ2n) is 6.99. The second kappa shape index (κ2) is 8.92. The number of morpholine rings is 1. The molecule has 2 heterocycles. The van der Waals surface area contributed by atoms with E-state index in [0.29, 0.717) is 0 Å². The van der Waals surface area contributed by atoms with Crippen LogP contribution in [0.3, 0.4) is 0 Å². The van der Waals surface area contributed by atoms with Crippen LogP contribution >= 0.6 is 0 Å². The molecule has 2 aromatic rings. The lowest BCUT2D eigenvalue weighted by Crippen LogP contribution is -3.15. The van der Waals surface area contributed by atoms with Gasteiger partial charge in [-0.05, 0) is 26.8 Å². The molecule has 144 valence electrons. The summed E-state index contributed by atoms with van der Waals surface area (Å²) >= 11 is 0. The summed E-state index contributed by atoms with van der Waals surface area (Å²) in [5, 5.41) is 8.75. The molecule has 1 aliphatic heterocycles. The highest BCUT2D eigenvalue weighted by molar-refractivity contribution is 5.88. The first-order valence-electron chi connectivity index (χ1n) is 9.36. The van der Waals surface area contributed by atoms with Crippen molar-refractivity contribution < 1.29 is 14.4 Å². The van der Waals surface area contributed by atoms with E-state index in [1.807, 2.05) is 45.0 Å². The first-order chi connectivity index (χ1) is 13.0. The number of aryl methyl sites for hydroxylation is 2. The summed E-state index contributed by atoms with van der Waals surface area (Å²) in [4.78, 5) is 13.7. The molecule has 7 heteroatoms. The van der Waals surface area contributed by atoms with Gasteiger partial charge >= 0.3 is 0 Å². The minimum atomic E-state index is -0.177. The second-order valence-corrected chi connectivity index (χ2v) is 6.99. The standard InChI is InChI=1S/C20H27N5O2/c1-15-13-16(2)25(23-15)14-19(26)22-21-17(3)20(18-7-5-4-6-8-18)24-9-11-27-12-10-24/h4-8,13,20H,9-12,14H2,1-3H3,(H,22,26)/p+1/b21-17-/t20-/m1/s1. The zero-order chi connectivity index (χ0) is 19.2. The number of ether oxygens (including phenoxy) is 1. The first kappa shape index (κ1) is 19.3. The zero-order valence-electron chi connectivity index (χ0n) is 16.2. The maximum atomic E-state index is 12.3. The molecule has 1 amide bonds. The summed E-state index contributed by atoms with van der Waals surface area (Å²) < 4.78 is 7.19. The van der Waals surface area contributed by atoms with Gasteiger partial charge in [-0.2, -0.15) is 10.2 Å². The summed E-state index contributed by atoms with van der Waals surface area (Å²) in [6.45, 7) is 9.33. The van der Waals surface area contributed by atoms with Gasteiger partial charge in [0.1, 0.15) is 19.6 Å². The van der Waals surface area contributed by atoms with Crippen molar-refractivity contribution in [3.8, 4) is 0 Å². The molecular formula is C20H28N5O2+. The van der Waals surface area contributed by atoms with Crippen LogP contribution in [0.15, 0.2) is 41.5 Å². The topological polar surface area (TPSA) is 73.0 Å². The fourth-order valence-corrected chi connectivity index (χ4v) is 3.56. The molecule has 1 atom stereocenters. The van der Waals surface area contributed by atoms with Gasteiger partial charge in [-0.3, -0.25) is 9.48 Å². The Morgan fingerprint density at radius 3 is 2.63 bits per heavy atom. The van der Waals surface area contributed by atoms with Crippen molar-refractivity contribution in [1.29, 1.82) is 0 Å². The van der Waals surface area contributed by atoms with Crippen molar-refractivity contribution in [2.75, 3.05) is 26.3 Å².